The van der Waals surface area contributed by atoms with Crippen molar-refractivity contribution in [3.05, 3.63) is 58.1 Å². The lowest BCUT2D eigenvalue weighted by molar-refractivity contribution is -0.385. The highest BCUT2D eigenvalue weighted by Crippen LogP contribution is 2.28. The molecule has 0 saturated carbocycles. The van der Waals surface area contributed by atoms with Crippen LogP contribution in [0.2, 0.25) is 0 Å². The third-order valence-electron chi connectivity index (χ3n) is 5.36. The van der Waals surface area contributed by atoms with E-state index in [2.05, 4.69) is 5.32 Å². The summed E-state index contributed by atoms with van der Waals surface area (Å²) in [5, 5.41) is 13.8. The lowest BCUT2D eigenvalue weighted by atomic mass is 9.97. The Kier molecular flexibility index (Phi) is 6.91. The van der Waals surface area contributed by atoms with Gasteiger partial charge in [0.25, 0.3) is 5.69 Å². The number of amides is 1. The molecule has 10 heteroatoms. The van der Waals surface area contributed by atoms with Crippen molar-refractivity contribution in [2.75, 3.05) is 25.0 Å². The minimum absolute atomic E-state index is 0.0610. The average Bonchev–Trinajstić information content (AvgIpc) is 2.75. The Morgan fingerprint density at radius 3 is 2.42 bits per heavy atom. The number of benzene rings is 2. The van der Waals surface area contributed by atoms with Gasteiger partial charge < -0.3 is 10.1 Å². The number of nitro benzene ring substituents is 1. The molecule has 1 amide bonds. The summed E-state index contributed by atoms with van der Waals surface area (Å²) in [7, 11) is -3.65. The maximum atomic E-state index is 12.9. The van der Waals surface area contributed by atoms with Crippen molar-refractivity contribution >= 4 is 27.3 Å². The Morgan fingerprint density at radius 2 is 1.84 bits per heavy atom. The molecule has 9 nitrogen and oxygen atoms in total. The minimum Gasteiger partial charge on any atom is -0.494 e. The van der Waals surface area contributed by atoms with Crippen molar-refractivity contribution in [1.29, 1.82) is 0 Å². The van der Waals surface area contributed by atoms with Crippen molar-refractivity contribution in [1.82, 2.24) is 4.31 Å². The van der Waals surface area contributed by atoms with Crippen LogP contribution >= 0.6 is 0 Å². The molecule has 2 aromatic rings. The molecule has 1 fully saturated rings. The second-order valence-corrected chi connectivity index (χ2v) is 9.22. The van der Waals surface area contributed by atoms with E-state index in [1.807, 2.05) is 6.92 Å². The summed E-state index contributed by atoms with van der Waals surface area (Å²) in [4.78, 5) is 23.4. The lowest BCUT2D eigenvalue weighted by Gasteiger charge is -2.30. The van der Waals surface area contributed by atoms with Crippen molar-refractivity contribution in [2.45, 2.75) is 31.6 Å². The summed E-state index contributed by atoms with van der Waals surface area (Å²) < 4.78 is 32.5. The summed E-state index contributed by atoms with van der Waals surface area (Å²) >= 11 is 0. The zero-order valence-corrected chi connectivity index (χ0v) is 18.2. The van der Waals surface area contributed by atoms with E-state index >= 15 is 0 Å². The molecule has 1 aliphatic rings. The first kappa shape index (κ1) is 22.7. The Balaban J connectivity index is 1.63. The molecule has 0 atom stereocenters. The number of hydrogen-bond acceptors (Lipinski definition) is 6. The predicted molar refractivity (Wildman–Crippen MR) is 116 cm³/mol. The summed E-state index contributed by atoms with van der Waals surface area (Å²) in [6, 6.07) is 10.8. The summed E-state index contributed by atoms with van der Waals surface area (Å²) in [6.07, 6.45) is 0.742. The topological polar surface area (TPSA) is 119 Å². The summed E-state index contributed by atoms with van der Waals surface area (Å²) in [6.45, 7) is 4.38. The summed E-state index contributed by atoms with van der Waals surface area (Å²) in [5.41, 5.74) is 0.717. The Labute approximate surface area is 181 Å². The van der Waals surface area contributed by atoms with Crippen LogP contribution in [0.25, 0.3) is 0 Å². The SMILES string of the molecule is CCOc1ccc(S(=O)(=O)N2CCC(C(=O)Nc3cccc([N+](=O)[O-])c3C)CC2)cc1. The van der Waals surface area contributed by atoms with Crippen LogP contribution in [0, 0.1) is 23.0 Å². The molecule has 0 aromatic heterocycles. The monoisotopic (exact) mass is 447 g/mol. The summed E-state index contributed by atoms with van der Waals surface area (Å²) in [5.74, 6) is -0.0274. The number of rotatable bonds is 7. The van der Waals surface area contributed by atoms with Gasteiger partial charge in [0.15, 0.2) is 0 Å². The molecular weight excluding hydrogens is 422 g/mol. The molecule has 1 heterocycles. The van der Waals surface area contributed by atoms with E-state index in [4.69, 9.17) is 4.74 Å². The van der Waals surface area contributed by atoms with Gasteiger partial charge >= 0.3 is 0 Å². The van der Waals surface area contributed by atoms with Gasteiger partial charge in [0.05, 0.1) is 27.7 Å². The lowest BCUT2D eigenvalue weighted by Crippen LogP contribution is -2.41. The predicted octanol–water partition coefficient (Wildman–Crippen LogP) is 3.34. The Hall–Kier alpha value is -2.98. The van der Waals surface area contributed by atoms with Crippen LogP contribution in [-0.2, 0) is 14.8 Å². The van der Waals surface area contributed by atoms with E-state index < -0.39 is 14.9 Å². The van der Waals surface area contributed by atoms with Gasteiger partial charge in [-0.2, -0.15) is 4.31 Å². The number of sulfonamides is 1. The van der Waals surface area contributed by atoms with Gasteiger partial charge in [-0.25, -0.2) is 8.42 Å². The molecule has 1 aliphatic heterocycles. The van der Waals surface area contributed by atoms with Crippen LogP contribution < -0.4 is 10.1 Å². The third kappa shape index (κ3) is 5.02. The Morgan fingerprint density at radius 1 is 1.19 bits per heavy atom. The molecule has 3 rings (SSSR count). The largest absolute Gasteiger partial charge is 0.494 e. The van der Waals surface area contributed by atoms with Gasteiger partial charge in [-0.1, -0.05) is 6.07 Å². The minimum atomic E-state index is -3.65. The average molecular weight is 448 g/mol. The number of nitrogens with one attached hydrogen (secondary N) is 1. The number of nitrogens with zero attached hydrogens (tertiary/aromatic N) is 2. The number of ether oxygens (including phenoxy) is 1. The highest BCUT2D eigenvalue weighted by atomic mass is 32.2. The van der Waals surface area contributed by atoms with E-state index in [9.17, 15) is 23.3 Å². The molecule has 0 unspecified atom stereocenters. The molecule has 0 aliphatic carbocycles. The number of nitro groups is 1. The molecule has 2 aromatic carbocycles. The van der Waals surface area contributed by atoms with Crippen LogP contribution in [0.4, 0.5) is 11.4 Å². The first-order valence-electron chi connectivity index (χ1n) is 10.0. The maximum absolute atomic E-state index is 12.9. The highest BCUT2D eigenvalue weighted by Gasteiger charge is 2.32. The second kappa shape index (κ2) is 9.44. The van der Waals surface area contributed by atoms with E-state index in [1.165, 1.54) is 28.6 Å². The molecule has 0 spiro atoms. The van der Waals surface area contributed by atoms with E-state index in [-0.39, 0.29) is 35.5 Å². The fourth-order valence-corrected chi connectivity index (χ4v) is 5.04. The highest BCUT2D eigenvalue weighted by molar-refractivity contribution is 7.89. The fourth-order valence-electron chi connectivity index (χ4n) is 3.57. The van der Waals surface area contributed by atoms with E-state index in [0.717, 1.165) is 0 Å². The van der Waals surface area contributed by atoms with Gasteiger partial charge in [-0.3, -0.25) is 14.9 Å². The number of anilines is 1. The third-order valence-corrected chi connectivity index (χ3v) is 7.27. The maximum Gasteiger partial charge on any atom is 0.274 e. The van der Waals surface area contributed by atoms with Crippen LogP contribution in [0.15, 0.2) is 47.4 Å². The van der Waals surface area contributed by atoms with Crippen molar-refractivity contribution in [3.63, 3.8) is 0 Å². The number of hydrogen-bond donors (Lipinski definition) is 1. The molecule has 1 N–H and O–H groups in total. The van der Waals surface area contributed by atoms with Crippen molar-refractivity contribution in [2.24, 2.45) is 5.92 Å². The van der Waals surface area contributed by atoms with Crippen LogP contribution in [0.5, 0.6) is 5.75 Å². The van der Waals surface area contributed by atoms with Crippen LogP contribution in [-0.4, -0.2) is 43.2 Å². The second-order valence-electron chi connectivity index (χ2n) is 7.28. The molecular formula is C21H25N3O6S. The first-order chi connectivity index (χ1) is 14.7. The normalized spacial score (nSPS) is 15.4. The van der Waals surface area contributed by atoms with Gasteiger partial charge in [0, 0.05) is 25.1 Å². The molecule has 31 heavy (non-hydrogen) atoms. The molecule has 0 radical (unpaired) electrons. The van der Waals surface area contributed by atoms with E-state index in [0.29, 0.717) is 36.4 Å². The van der Waals surface area contributed by atoms with Gasteiger partial charge in [0.2, 0.25) is 15.9 Å². The number of piperidine rings is 1. The molecule has 0 bridgehead atoms. The zero-order chi connectivity index (χ0) is 22.6. The molecule has 1 saturated heterocycles. The van der Waals surface area contributed by atoms with Crippen molar-refractivity contribution in [3.8, 4) is 5.75 Å². The standard InChI is InChI=1S/C21H25N3O6S/c1-3-30-17-7-9-18(10-8-17)31(28,29)23-13-11-16(12-14-23)21(25)22-19-5-4-6-20(15(19)2)24(26)27/h4-10,16H,3,11-14H2,1-2H3,(H,22,25). The number of carbonyl (C=O) groups is 1. The fraction of sp³-hybridized carbons (Fsp3) is 0.381. The van der Waals surface area contributed by atoms with Gasteiger partial charge in [-0.05, 0) is 57.0 Å². The van der Waals surface area contributed by atoms with Crippen LogP contribution in [0.1, 0.15) is 25.3 Å². The Bertz CT molecular complexity index is 1060. The smallest absolute Gasteiger partial charge is 0.274 e. The van der Waals surface area contributed by atoms with E-state index in [1.54, 1.807) is 25.1 Å². The zero-order valence-electron chi connectivity index (χ0n) is 17.4. The molecule has 166 valence electrons. The van der Waals surface area contributed by atoms with Crippen LogP contribution in [0.3, 0.4) is 0 Å². The van der Waals surface area contributed by atoms with Gasteiger partial charge in [-0.15, -0.1) is 0 Å². The van der Waals surface area contributed by atoms with Crippen molar-refractivity contribution < 1.29 is 22.9 Å². The quantitative estimate of drug-likeness (QED) is 0.514. The van der Waals surface area contributed by atoms with Gasteiger partial charge in [0.1, 0.15) is 5.75 Å². The first-order valence-corrected chi connectivity index (χ1v) is 11.5. The number of carbonyl (C=O) groups excluding carboxylic acids is 1.